The van der Waals surface area contributed by atoms with Gasteiger partial charge in [-0.05, 0) is 67.3 Å². The smallest absolute Gasteiger partial charge is 0.326 e. The van der Waals surface area contributed by atoms with E-state index in [1.54, 1.807) is 23.8 Å². The highest BCUT2D eigenvalue weighted by Crippen LogP contribution is 2.39. The molecule has 1 atom stereocenters. The molecule has 0 bridgehead atoms. The number of amides is 2. The highest BCUT2D eigenvalue weighted by Gasteiger charge is 2.36. The van der Waals surface area contributed by atoms with Crippen molar-refractivity contribution in [1.29, 1.82) is 0 Å². The molecule has 0 spiro atoms. The van der Waals surface area contributed by atoms with E-state index in [1.807, 2.05) is 92.0 Å². The van der Waals surface area contributed by atoms with Gasteiger partial charge in [-0.1, -0.05) is 35.5 Å². The van der Waals surface area contributed by atoms with E-state index in [4.69, 9.17) is 14.2 Å². The van der Waals surface area contributed by atoms with Crippen molar-refractivity contribution in [1.82, 2.24) is 15.5 Å². The Morgan fingerprint density at radius 2 is 1.71 bits per heavy atom. The van der Waals surface area contributed by atoms with Gasteiger partial charge >= 0.3 is 6.03 Å². The molecule has 2 amide bonds. The van der Waals surface area contributed by atoms with E-state index in [9.17, 15) is 4.79 Å². The molecule has 1 aromatic heterocycles. The third kappa shape index (κ3) is 4.40. The number of nitrogens with one attached hydrogen (secondary N) is 1. The highest BCUT2D eigenvalue weighted by atomic mass is 32.2. The summed E-state index contributed by atoms with van der Waals surface area (Å²) in [6, 6.07) is 24.5. The van der Waals surface area contributed by atoms with Crippen LogP contribution >= 0.6 is 11.8 Å². The molecule has 3 aromatic carbocycles. The number of benzene rings is 3. The fourth-order valence-corrected chi connectivity index (χ4v) is 4.56. The van der Waals surface area contributed by atoms with Crippen molar-refractivity contribution in [3.8, 4) is 17.1 Å². The minimum absolute atomic E-state index is 0.216. The lowest BCUT2D eigenvalue weighted by Crippen LogP contribution is -2.46. The average molecular weight is 485 g/mol. The van der Waals surface area contributed by atoms with Gasteiger partial charge in [-0.15, -0.1) is 11.8 Å². The zero-order chi connectivity index (χ0) is 24.4. The highest BCUT2D eigenvalue weighted by molar-refractivity contribution is 7.98. The second-order valence-electron chi connectivity index (χ2n) is 7.98. The molecule has 1 N–H and O–H groups in total. The Labute approximate surface area is 207 Å². The number of aromatic nitrogens is 2. The maximum atomic E-state index is 13.3. The number of carbonyl (C=O) groups is 1. The van der Waals surface area contributed by atoms with Crippen LogP contribution in [0, 0.1) is 0 Å². The number of anilines is 1. The van der Waals surface area contributed by atoms with E-state index in [0.29, 0.717) is 11.7 Å². The van der Waals surface area contributed by atoms with Crippen molar-refractivity contribution in [3.05, 3.63) is 96.0 Å². The summed E-state index contributed by atoms with van der Waals surface area (Å²) >= 11 is 1.65. The van der Waals surface area contributed by atoms with Gasteiger partial charge in [0.15, 0.2) is 0 Å². The zero-order valence-corrected chi connectivity index (χ0v) is 20.4. The van der Waals surface area contributed by atoms with Crippen molar-refractivity contribution in [3.63, 3.8) is 0 Å². The molecule has 1 unspecified atom stereocenters. The number of allylic oxidation sites excluding steroid dienone is 1. The topological polar surface area (TPSA) is 80.5 Å². The van der Waals surface area contributed by atoms with Gasteiger partial charge in [-0.2, -0.15) is 4.98 Å². The Bertz CT molecular complexity index is 1370. The van der Waals surface area contributed by atoms with Crippen LogP contribution in [0.1, 0.15) is 24.4 Å². The van der Waals surface area contributed by atoms with Crippen molar-refractivity contribution in [2.24, 2.45) is 0 Å². The fourth-order valence-electron chi connectivity index (χ4n) is 4.15. The molecule has 0 aliphatic carbocycles. The van der Waals surface area contributed by atoms with E-state index < -0.39 is 6.04 Å². The maximum Gasteiger partial charge on any atom is 0.326 e. The second kappa shape index (κ2) is 9.68. The van der Waals surface area contributed by atoms with Crippen LogP contribution in [0.15, 0.2) is 94.0 Å². The third-order valence-electron chi connectivity index (χ3n) is 5.95. The van der Waals surface area contributed by atoms with Crippen LogP contribution in [0.3, 0.4) is 0 Å². The van der Waals surface area contributed by atoms with Gasteiger partial charge in [0.2, 0.25) is 5.82 Å². The SMILES string of the molecule is COc1ccc(-c2noc(C3=C(C)N(c4ccc(SC)cc4)C(=O)NC3c3ccccc3)n2)cc1. The van der Waals surface area contributed by atoms with Gasteiger partial charge in [-0.3, -0.25) is 4.90 Å². The van der Waals surface area contributed by atoms with Crippen LogP contribution in [0.2, 0.25) is 0 Å². The van der Waals surface area contributed by atoms with Crippen LogP contribution in [-0.2, 0) is 0 Å². The predicted octanol–water partition coefficient (Wildman–Crippen LogP) is 6.17. The van der Waals surface area contributed by atoms with Gasteiger partial charge in [0.05, 0.1) is 24.4 Å². The van der Waals surface area contributed by atoms with E-state index in [-0.39, 0.29) is 6.03 Å². The summed E-state index contributed by atoms with van der Waals surface area (Å²) in [6.07, 6.45) is 2.02. The quantitative estimate of drug-likeness (QED) is 0.330. The molecule has 5 rings (SSSR count). The molecule has 2 heterocycles. The minimum atomic E-state index is -0.436. The van der Waals surface area contributed by atoms with Crippen molar-refractivity contribution in [2.75, 3.05) is 18.3 Å². The number of ether oxygens (including phenoxy) is 1. The lowest BCUT2D eigenvalue weighted by Gasteiger charge is -2.35. The van der Waals surface area contributed by atoms with Gasteiger partial charge in [-0.25, -0.2) is 4.79 Å². The number of hydrogen-bond acceptors (Lipinski definition) is 6. The first kappa shape index (κ1) is 22.7. The molecule has 176 valence electrons. The lowest BCUT2D eigenvalue weighted by atomic mass is 9.94. The van der Waals surface area contributed by atoms with Crippen LogP contribution < -0.4 is 15.0 Å². The molecular weight excluding hydrogens is 460 g/mol. The number of nitrogens with zero attached hydrogens (tertiary/aromatic N) is 3. The third-order valence-corrected chi connectivity index (χ3v) is 6.70. The molecule has 1 aliphatic rings. The van der Waals surface area contributed by atoms with E-state index in [1.165, 1.54) is 0 Å². The Balaban J connectivity index is 1.61. The van der Waals surface area contributed by atoms with Crippen LogP contribution in [0.4, 0.5) is 10.5 Å². The summed E-state index contributed by atoms with van der Waals surface area (Å²) < 4.78 is 11.0. The van der Waals surface area contributed by atoms with Crippen LogP contribution in [0.5, 0.6) is 5.75 Å². The monoisotopic (exact) mass is 484 g/mol. The Morgan fingerprint density at radius 1 is 1.00 bits per heavy atom. The summed E-state index contributed by atoms with van der Waals surface area (Å²) in [5, 5.41) is 7.36. The molecule has 35 heavy (non-hydrogen) atoms. The fraction of sp³-hybridized carbons (Fsp3) is 0.148. The molecule has 7 nitrogen and oxygen atoms in total. The molecular formula is C27H24N4O3S. The summed E-state index contributed by atoms with van der Waals surface area (Å²) in [4.78, 5) is 20.8. The number of methoxy groups -OCH3 is 1. The Kier molecular flexibility index (Phi) is 6.29. The predicted molar refractivity (Wildman–Crippen MR) is 137 cm³/mol. The largest absolute Gasteiger partial charge is 0.497 e. The molecule has 0 saturated heterocycles. The standard InChI is InChI=1S/C27H24N4O3S/c1-17-23(26-29-25(30-34-26)19-9-13-21(33-2)14-10-19)24(18-7-5-4-6-8-18)28-27(32)31(17)20-11-15-22(35-3)16-12-20/h4-16,24H,1-3H3,(H,28,32). The summed E-state index contributed by atoms with van der Waals surface area (Å²) in [6.45, 7) is 1.91. The molecule has 1 aliphatic heterocycles. The van der Waals surface area contributed by atoms with Crippen molar-refractivity contribution in [2.45, 2.75) is 17.9 Å². The van der Waals surface area contributed by atoms with Crippen LogP contribution in [0.25, 0.3) is 17.0 Å². The second-order valence-corrected chi connectivity index (χ2v) is 8.86. The maximum absolute atomic E-state index is 13.3. The normalized spacial score (nSPS) is 15.8. The minimum Gasteiger partial charge on any atom is -0.497 e. The number of thioether (sulfide) groups is 1. The first-order chi connectivity index (χ1) is 17.1. The number of hydrogen-bond donors (Lipinski definition) is 1. The number of rotatable bonds is 6. The van der Waals surface area contributed by atoms with E-state index in [2.05, 4.69) is 10.5 Å². The van der Waals surface area contributed by atoms with Crippen molar-refractivity contribution < 1.29 is 14.1 Å². The van der Waals surface area contributed by atoms with E-state index in [0.717, 1.165) is 38.7 Å². The molecule has 0 radical (unpaired) electrons. The molecule has 8 heteroatoms. The first-order valence-corrected chi connectivity index (χ1v) is 12.3. The number of urea groups is 1. The summed E-state index contributed by atoms with van der Waals surface area (Å²) in [7, 11) is 1.62. The number of carbonyl (C=O) groups excluding carboxylic acids is 1. The Hall–Kier alpha value is -4.04. The average Bonchev–Trinajstić information content (AvgIpc) is 3.39. The van der Waals surface area contributed by atoms with E-state index >= 15 is 0 Å². The Morgan fingerprint density at radius 3 is 2.37 bits per heavy atom. The lowest BCUT2D eigenvalue weighted by molar-refractivity contribution is 0.244. The van der Waals surface area contributed by atoms with Gasteiger partial charge in [0, 0.05) is 16.2 Å². The van der Waals surface area contributed by atoms with Gasteiger partial charge in [0.1, 0.15) is 5.75 Å². The van der Waals surface area contributed by atoms with Gasteiger partial charge in [0.25, 0.3) is 5.89 Å². The van der Waals surface area contributed by atoms with Crippen molar-refractivity contribution >= 4 is 29.1 Å². The first-order valence-electron chi connectivity index (χ1n) is 11.1. The van der Waals surface area contributed by atoms with Crippen LogP contribution in [-0.4, -0.2) is 29.5 Å². The summed E-state index contributed by atoms with van der Waals surface area (Å²) in [5.41, 5.74) is 3.97. The summed E-state index contributed by atoms with van der Waals surface area (Å²) in [5.74, 6) is 1.56. The zero-order valence-electron chi connectivity index (χ0n) is 19.6. The molecule has 0 saturated carbocycles. The van der Waals surface area contributed by atoms with Gasteiger partial charge < -0.3 is 14.6 Å². The molecule has 4 aromatic rings. The molecule has 0 fully saturated rings.